The van der Waals surface area contributed by atoms with E-state index in [9.17, 15) is 17.6 Å². The number of halogens is 4. The van der Waals surface area contributed by atoms with Gasteiger partial charge in [-0.1, -0.05) is 12.1 Å². The van der Waals surface area contributed by atoms with Crippen molar-refractivity contribution in [2.75, 3.05) is 43.5 Å². The van der Waals surface area contributed by atoms with E-state index in [-0.39, 0.29) is 5.56 Å². The van der Waals surface area contributed by atoms with Gasteiger partial charge in [0.15, 0.2) is 5.65 Å². The number of nitrogens with zero attached hydrogens (tertiary/aromatic N) is 4. The number of methoxy groups -OCH3 is 1. The number of fused-ring (bicyclic) bond motifs is 1. The molecule has 0 bridgehead atoms. The smallest absolute Gasteiger partial charge is 0.419 e. The van der Waals surface area contributed by atoms with E-state index in [1.165, 1.54) is 19.2 Å². The molecule has 2 N–H and O–H groups in total. The summed E-state index contributed by atoms with van der Waals surface area (Å²) in [5.41, 5.74) is -0.278. The van der Waals surface area contributed by atoms with Crippen LogP contribution in [0, 0.1) is 12.7 Å². The molecule has 1 unspecified atom stereocenters. The van der Waals surface area contributed by atoms with Crippen LogP contribution in [-0.2, 0) is 6.18 Å². The third kappa shape index (κ3) is 4.63. The number of nitrogens with one attached hydrogen (secondary N) is 2. The van der Waals surface area contributed by atoms with Crippen LogP contribution in [0.5, 0.6) is 5.88 Å². The summed E-state index contributed by atoms with van der Waals surface area (Å²) in [6.45, 7) is 6.38. The van der Waals surface area contributed by atoms with E-state index in [1.54, 1.807) is 13.8 Å². The second kappa shape index (κ2) is 8.97. The van der Waals surface area contributed by atoms with Crippen LogP contribution in [0.1, 0.15) is 29.9 Å². The number of rotatable bonds is 5. The molecule has 7 nitrogen and oxygen atoms in total. The summed E-state index contributed by atoms with van der Waals surface area (Å²) in [4.78, 5) is 15.5. The second-order valence-electron chi connectivity index (χ2n) is 7.82. The molecule has 1 aromatic carbocycles. The van der Waals surface area contributed by atoms with Gasteiger partial charge < -0.3 is 20.3 Å². The Balaban J connectivity index is 1.76. The zero-order valence-electron chi connectivity index (χ0n) is 18.4. The van der Waals surface area contributed by atoms with E-state index in [1.807, 2.05) is 6.07 Å². The van der Waals surface area contributed by atoms with Crippen molar-refractivity contribution in [1.29, 1.82) is 0 Å². The molecule has 33 heavy (non-hydrogen) atoms. The fourth-order valence-electron chi connectivity index (χ4n) is 3.92. The average Bonchev–Trinajstić information content (AvgIpc) is 2.78. The van der Waals surface area contributed by atoms with Gasteiger partial charge in [0.25, 0.3) is 0 Å². The van der Waals surface area contributed by atoms with Gasteiger partial charge in [0.1, 0.15) is 23.1 Å². The number of anilines is 2. The van der Waals surface area contributed by atoms with Crippen molar-refractivity contribution < 1.29 is 22.3 Å². The molecule has 1 saturated heterocycles. The first-order chi connectivity index (χ1) is 15.7. The maximum atomic E-state index is 14.7. The van der Waals surface area contributed by atoms with E-state index in [4.69, 9.17) is 4.74 Å². The molecule has 4 rings (SSSR count). The molecule has 1 atom stereocenters. The van der Waals surface area contributed by atoms with Crippen molar-refractivity contribution in [3.8, 4) is 5.88 Å². The number of pyridine rings is 1. The second-order valence-corrected chi connectivity index (χ2v) is 7.82. The topological polar surface area (TPSA) is 75.2 Å². The predicted octanol–water partition coefficient (Wildman–Crippen LogP) is 4.08. The Morgan fingerprint density at radius 1 is 1.15 bits per heavy atom. The number of hydrogen-bond acceptors (Lipinski definition) is 7. The van der Waals surface area contributed by atoms with E-state index in [0.717, 1.165) is 37.9 Å². The number of aromatic nitrogens is 3. The number of hydrogen-bond donors (Lipinski definition) is 2. The molecule has 1 fully saturated rings. The molecule has 11 heteroatoms. The highest BCUT2D eigenvalue weighted by atomic mass is 19.4. The van der Waals surface area contributed by atoms with Gasteiger partial charge in [-0.05, 0) is 26.0 Å². The Hall–Kier alpha value is -3.21. The van der Waals surface area contributed by atoms with Crippen molar-refractivity contribution in [2.45, 2.75) is 26.1 Å². The Morgan fingerprint density at radius 3 is 2.55 bits per heavy atom. The van der Waals surface area contributed by atoms with Crippen molar-refractivity contribution in [3.63, 3.8) is 0 Å². The van der Waals surface area contributed by atoms with Crippen molar-refractivity contribution in [2.24, 2.45) is 0 Å². The third-order valence-electron chi connectivity index (χ3n) is 5.55. The first kappa shape index (κ1) is 23.0. The molecule has 0 spiro atoms. The Kier molecular flexibility index (Phi) is 6.24. The SMILES string of the molecule is COc1nc2nc(C)nc(NC(C)c3cccc(C(F)(F)F)c3F)c2cc1N1CCNCC1. The monoisotopic (exact) mass is 464 g/mol. The van der Waals surface area contributed by atoms with Crippen LogP contribution in [0.25, 0.3) is 11.0 Å². The van der Waals surface area contributed by atoms with Crippen LogP contribution in [0.2, 0.25) is 0 Å². The van der Waals surface area contributed by atoms with Crippen LogP contribution in [0.4, 0.5) is 29.1 Å². The number of piperazine rings is 1. The molecule has 3 aromatic rings. The largest absolute Gasteiger partial charge is 0.479 e. The third-order valence-corrected chi connectivity index (χ3v) is 5.55. The lowest BCUT2D eigenvalue weighted by Gasteiger charge is -2.30. The summed E-state index contributed by atoms with van der Waals surface area (Å²) >= 11 is 0. The van der Waals surface area contributed by atoms with Crippen molar-refractivity contribution >= 4 is 22.5 Å². The summed E-state index contributed by atoms with van der Waals surface area (Å²) in [5.74, 6) is -0.119. The minimum absolute atomic E-state index is 0.113. The van der Waals surface area contributed by atoms with E-state index in [2.05, 4.69) is 30.5 Å². The quantitative estimate of drug-likeness (QED) is 0.551. The highest BCUT2D eigenvalue weighted by Gasteiger charge is 2.35. The van der Waals surface area contributed by atoms with Gasteiger partial charge in [0, 0.05) is 31.7 Å². The molecule has 2 aromatic heterocycles. The first-order valence-corrected chi connectivity index (χ1v) is 10.5. The lowest BCUT2D eigenvalue weighted by molar-refractivity contribution is -0.140. The standard InChI is InChI=1S/C22H24F4N6O/c1-12(14-5-4-6-16(18(14)23)22(24,25)26)28-19-15-11-17(32-9-7-27-8-10-32)21(33-3)31-20(15)30-13(2)29-19/h4-6,11-12,27H,7-10H2,1-3H3,(H,28,29,30,31). The van der Waals surface area contributed by atoms with Gasteiger partial charge in [0.2, 0.25) is 5.88 Å². The minimum Gasteiger partial charge on any atom is -0.479 e. The number of ether oxygens (including phenoxy) is 1. The van der Waals surface area contributed by atoms with Gasteiger partial charge in [-0.25, -0.2) is 14.4 Å². The molecular weight excluding hydrogens is 440 g/mol. The van der Waals surface area contributed by atoms with Gasteiger partial charge >= 0.3 is 6.18 Å². The van der Waals surface area contributed by atoms with Gasteiger partial charge in [-0.2, -0.15) is 18.2 Å². The molecular formula is C22H24F4N6O. The maximum absolute atomic E-state index is 14.7. The molecule has 1 aliphatic heterocycles. The zero-order valence-corrected chi connectivity index (χ0v) is 18.4. The van der Waals surface area contributed by atoms with Crippen LogP contribution >= 0.6 is 0 Å². The molecule has 3 heterocycles. The van der Waals surface area contributed by atoms with Crippen LogP contribution in [-0.4, -0.2) is 48.2 Å². The molecule has 1 aliphatic rings. The highest BCUT2D eigenvalue weighted by Crippen LogP contribution is 2.36. The van der Waals surface area contributed by atoms with E-state index < -0.39 is 23.6 Å². The fraction of sp³-hybridized carbons (Fsp3) is 0.409. The molecule has 0 aliphatic carbocycles. The van der Waals surface area contributed by atoms with Gasteiger partial charge in [-0.3, -0.25) is 0 Å². The lowest BCUT2D eigenvalue weighted by Crippen LogP contribution is -2.43. The predicted molar refractivity (Wildman–Crippen MR) is 117 cm³/mol. The summed E-state index contributed by atoms with van der Waals surface area (Å²) < 4.78 is 59.7. The summed E-state index contributed by atoms with van der Waals surface area (Å²) in [6, 6.07) is 4.30. The Labute approximate surface area is 188 Å². The summed E-state index contributed by atoms with van der Waals surface area (Å²) in [7, 11) is 1.53. The lowest BCUT2D eigenvalue weighted by atomic mass is 10.0. The summed E-state index contributed by atoms with van der Waals surface area (Å²) in [5, 5.41) is 6.91. The van der Waals surface area contributed by atoms with Crippen molar-refractivity contribution in [3.05, 3.63) is 47.0 Å². The van der Waals surface area contributed by atoms with Crippen LogP contribution in [0.3, 0.4) is 0 Å². The maximum Gasteiger partial charge on any atom is 0.419 e. The number of alkyl halides is 3. The van der Waals surface area contributed by atoms with Gasteiger partial charge in [0.05, 0.1) is 24.1 Å². The summed E-state index contributed by atoms with van der Waals surface area (Å²) in [6.07, 6.45) is -4.78. The van der Waals surface area contributed by atoms with Crippen LogP contribution in [0.15, 0.2) is 24.3 Å². The van der Waals surface area contributed by atoms with Crippen LogP contribution < -0.4 is 20.3 Å². The Morgan fingerprint density at radius 2 is 1.88 bits per heavy atom. The zero-order chi connectivity index (χ0) is 23.8. The molecule has 0 amide bonds. The fourth-order valence-corrected chi connectivity index (χ4v) is 3.92. The normalized spacial score (nSPS) is 15.5. The number of benzene rings is 1. The molecule has 176 valence electrons. The first-order valence-electron chi connectivity index (χ1n) is 10.5. The molecule has 0 radical (unpaired) electrons. The van der Waals surface area contributed by atoms with Gasteiger partial charge in [-0.15, -0.1) is 0 Å². The number of aryl methyl sites for hydroxylation is 1. The van der Waals surface area contributed by atoms with E-state index in [0.29, 0.717) is 28.6 Å². The van der Waals surface area contributed by atoms with E-state index >= 15 is 0 Å². The minimum atomic E-state index is -4.78. The van der Waals surface area contributed by atoms with Crippen molar-refractivity contribution in [1.82, 2.24) is 20.3 Å². The highest BCUT2D eigenvalue weighted by molar-refractivity contribution is 5.90. The molecule has 0 saturated carbocycles. The average molecular weight is 464 g/mol. The Bertz CT molecular complexity index is 1160.